The van der Waals surface area contributed by atoms with Crippen molar-refractivity contribution in [3.63, 3.8) is 0 Å². The predicted octanol–water partition coefficient (Wildman–Crippen LogP) is 0.985. The minimum atomic E-state index is -0.0305. The second kappa shape index (κ2) is 6.38. The molecule has 1 aromatic rings. The zero-order valence-electron chi connectivity index (χ0n) is 11.6. The highest BCUT2D eigenvalue weighted by Crippen LogP contribution is 2.20. The van der Waals surface area contributed by atoms with Crippen molar-refractivity contribution < 1.29 is 9.32 Å². The molecule has 106 valence electrons. The number of likely N-dealkylation sites (N-methyl/N-ethyl adjacent to an activating group) is 2. The van der Waals surface area contributed by atoms with E-state index in [9.17, 15) is 4.79 Å². The molecule has 0 unspecified atom stereocenters. The molecule has 0 spiro atoms. The maximum absolute atomic E-state index is 12.3. The monoisotopic (exact) mass is 284 g/mol. The molecule has 1 aliphatic heterocycles. The number of aromatic nitrogens is 2. The van der Waals surface area contributed by atoms with E-state index >= 15 is 0 Å². The van der Waals surface area contributed by atoms with Gasteiger partial charge in [-0.1, -0.05) is 12.1 Å². The molecule has 1 aromatic heterocycles. The molecule has 6 nitrogen and oxygen atoms in total. The van der Waals surface area contributed by atoms with Gasteiger partial charge in [0, 0.05) is 25.1 Å². The Labute approximate surface area is 117 Å². The van der Waals surface area contributed by atoms with Crippen LogP contribution in [-0.2, 0) is 17.8 Å². The highest BCUT2D eigenvalue weighted by Gasteiger charge is 2.30. The number of amides is 1. The van der Waals surface area contributed by atoms with Crippen LogP contribution in [0.5, 0.6) is 0 Å². The van der Waals surface area contributed by atoms with E-state index in [0.717, 1.165) is 24.5 Å². The van der Waals surface area contributed by atoms with Crippen molar-refractivity contribution in [3.05, 3.63) is 11.7 Å². The fourth-order valence-electron chi connectivity index (χ4n) is 2.00. The summed E-state index contributed by atoms with van der Waals surface area (Å²) in [5.41, 5.74) is 0. The van der Waals surface area contributed by atoms with E-state index in [2.05, 4.69) is 22.0 Å². The van der Waals surface area contributed by atoms with E-state index in [0.29, 0.717) is 18.3 Å². The van der Waals surface area contributed by atoms with Crippen molar-refractivity contribution in [1.82, 2.24) is 19.9 Å². The van der Waals surface area contributed by atoms with Crippen LogP contribution in [0.25, 0.3) is 0 Å². The summed E-state index contributed by atoms with van der Waals surface area (Å²) >= 11 is 1.78. The Morgan fingerprint density at radius 1 is 1.63 bits per heavy atom. The van der Waals surface area contributed by atoms with Gasteiger partial charge in [0.1, 0.15) is 0 Å². The summed E-state index contributed by atoms with van der Waals surface area (Å²) in [4.78, 5) is 20.3. The third-order valence-corrected chi connectivity index (χ3v) is 4.26. The molecule has 0 aromatic carbocycles. The SMILES string of the molecule is CCCc1nc(CN(C)C(=O)[C@@H]2CSCN2C)no1. The lowest BCUT2D eigenvalue weighted by molar-refractivity contribution is -0.134. The molecular weight excluding hydrogens is 264 g/mol. The maximum atomic E-state index is 12.3. The first-order valence-electron chi connectivity index (χ1n) is 6.46. The molecule has 2 rings (SSSR count). The van der Waals surface area contributed by atoms with Crippen LogP contribution in [0.1, 0.15) is 25.1 Å². The van der Waals surface area contributed by atoms with Gasteiger partial charge in [-0.2, -0.15) is 4.98 Å². The average Bonchev–Trinajstić information content (AvgIpc) is 2.98. The van der Waals surface area contributed by atoms with Crippen LogP contribution in [-0.4, -0.2) is 57.6 Å². The summed E-state index contributed by atoms with van der Waals surface area (Å²) < 4.78 is 5.12. The third-order valence-electron chi connectivity index (χ3n) is 3.12. The molecule has 2 heterocycles. The summed E-state index contributed by atoms with van der Waals surface area (Å²) in [6, 6.07) is -0.0305. The summed E-state index contributed by atoms with van der Waals surface area (Å²) in [5.74, 6) is 3.11. The van der Waals surface area contributed by atoms with E-state index in [1.807, 2.05) is 7.05 Å². The molecular formula is C12H20N4O2S. The Morgan fingerprint density at radius 2 is 2.42 bits per heavy atom. The standard InChI is InChI=1S/C12H20N4O2S/c1-4-5-11-13-10(14-18-11)6-15(2)12(17)9-7-19-8-16(9)3/h9H,4-8H2,1-3H3/t9-/m0/s1. The van der Waals surface area contributed by atoms with E-state index in [-0.39, 0.29) is 11.9 Å². The predicted molar refractivity (Wildman–Crippen MR) is 73.6 cm³/mol. The Kier molecular flexibility index (Phi) is 4.81. The topological polar surface area (TPSA) is 62.5 Å². The zero-order chi connectivity index (χ0) is 13.8. The molecule has 0 bridgehead atoms. The summed E-state index contributed by atoms with van der Waals surface area (Å²) in [6.07, 6.45) is 1.76. The molecule has 1 aliphatic rings. The third kappa shape index (κ3) is 3.48. The first-order valence-corrected chi connectivity index (χ1v) is 7.61. The highest BCUT2D eigenvalue weighted by atomic mass is 32.2. The summed E-state index contributed by atoms with van der Waals surface area (Å²) in [5, 5.41) is 3.90. The molecule has 7 heteroatoms. The number of carbonyl (C=O) groups excluding carboxylic acids is 1. The zero-order valence-corrected chi connectivity index (χ0v) is 12.4. The van der Waals surface area contributed by atoms with Gasteiger partial charge >= 0.3 is 0 Å². The van der Waals surface area contributed by atoms with Gasteiger partial charge in [-0.25, -0.2) is 0 Å². The lowest BCUT2D eigenvalue weighted by Gasteiger charge is -2.23. The molecule has 1 saturated heterocycles. The minimum Gasteiger partial charge on any atom is -0.339 e. The minimum absolute atomic E-state index is 0.0305. The number of rotatable bonds is 5. The molecule has 19 heavy (non-hydrogen) atoms. The quantitative estimate of drug-likeness (QED) is 0.803. The van der Waals surface area contributed by atoms with Crippen molar-refractivity contribution in [2.45, 2.75) is 32.4 Å². The summed E-state index contributed by atoms with van der Waals surface area (Å²) in [7, 11) is 3.76. The maximum Gasteiger partial charge on any atom is 0.240 e. The second-order valence-electron chi connectivity index (χ2n) is 4.82. The molecule has 1 amide bonds. The Hall–Kier alpha value is -1.08. The first-order chi connectivity index (χ1) is 9.11. The number of hydrogen-bond acceptors (Lipinski definition) is 6. The van der Waals surface area contributed by atoms with Gasteiger partial charge in [-0.05, 0) is 13.5 Å². The van der Waals surface area contributed by atoms with Crippen molar-refractivity contribution in [1.29, 1.82) is 0 Å². The van der Waals surface area contributed by atoms with E-state index in [1.165, 1.54) is 0 Å². The van der Waals surface area contributed by atoms with Crippen molar-refractivity contribution in [2.24, 2.45) is 0 Å². The molecule has 0 radical (unpaired) electrons. The van der Waals surface area contributed by atoms with Gasteiger partial charge in [0.25, 0.3) is 0 Å². The van der Waals surface area contributed by atoms with E-state index in [1.54, 1.807) is 23.7 Å². The molecule has 1 fully saturated rings. The van der Waals surface area contributed by atoms with Crippen LogP contribution in [0.3, 0.4) is 0 Å². The first kappa shape index (κ1) is 14.3. The largest absolute Gasteiger partial charge is 0.339 e. The molecule has 0 saturated carbocycles. The van der Waals surface area contributed by atoms with Crippen LogP contribution in [0.4, 0.5) is 0 Å². The van der Waals surface area contributed by atoms with Crippen LogP contribution in [0.15, 0.2) is 4.52 Å². The van der Waals surface area contributed by atoms with Gasteiger partial charge in [0.2, 0.25) is 11.8 Å². The van der Waals surface area contributed by atoms with Crippen molar-refractivity contribution in [3.8, 4) is 0 Å². The van der Waals surface area contributed by atoms with Gasteiger partial charge in [0.05, 0.1) is 12.6 Å². The summed E-state index contributed by atoms with van der Waals surface area (Å²) in [6.45, 7) is 2.47. The second-order valence-corrected chi connectivity index (χ2v) is 5.82. The Morgan fingerprint density at radius 3 is 3.05 bits per heavy atom. The van der Waals surface area contributed by atoms with Gasteiger partial charge < -0.3 is 9.42 Å². The van der Waals surface area contributed by atoms with Crippen LogP contribution in [0, 0.1) is 0 Å². The van der Waals surface area contributed by atoms with Gasteiger partial charge in [0.15, 0.2) is 5.82 Å². The number of aryl methyl sites for hydroxylation is 1. The van der Waals surface area contributed by atoms with Crippen LogP contribution >= 0.6 is 11.8 Å². The number of nitrogens with zero attached hydrogens (tertiary/aromatic N) is 4. The van der Waals surface area contributed by atoms with Crippen LogP contribution in [0.2, 0.25) is 0 Å². The van der Waals surface area contributed by atoms with Crippen LogP contribution < -0.4 is 0 Å². The van der Waals surface area contributed by atoms with Gasteiger partial charge in [-0.3, -0.25) is 9.69 Å². The van der Waals surface area contributed by atoms with Gasteiger partial charge in [-0.15, -0.1) is 11.8 Å². The number of hydrogen-bond donors (Lipinski definition) is 0. The number of thioether (sulfide) groups is 1. The van der Waals surface area contributed by atoms with Crippen molar-refractivity contribution >= 4 is 17.7 Å². The van der Waals surface area contributed by atoms with E-state index < -0.39 is 0 Å². The average molecular weight is 284 g/mol. The molecule has 0 N–H and O–H groups in total. The Bertz CT molecular complexity index is 437. The van der Waals surface area contributed by atoms with E-state index in [4.69, 9.17) is 4.52 Å². The molecule has 1 atom stereocenters. The lowest BCUT2D eigenvalue weighted by atomic mass is 10.2. The fraction of sp³-hybridized carbons (Fsp3) is 0.750. The lowest BCUT2D eigenvalue weighted by Crippen LogP contribution is -2.43. The Balaban J connectivity index is 1.92. The highest BCUT2D eigenvalue weighted by molar-refractivity contribution is 7.99. The normalized spacial score (nSPS) is 19.8. The van der Waals surface area contributed by atoms with Crippen molar-refractivity contribution in [2.75, 3.05) is 25.7 Å². The smallest absolute Gasteiger partial charge is 0.240 e. The number of carbonyl (C=O) groups is 1. The molecule has 0 aliphatic carbocycles. The fourth-order valence-corrected chi connectivity index (χ4v) is 3.19.